The molecule has 2 N–H and O–H groups in total. The van der Waals surface area contributed by atoms with E-state index in [1.807, 2.05) is 0 Å². The topological polar surface area (TPSA) is 101 Å². The molecule has 0 unspecified atom stereocenters. The summed E-state index contributed by atoms with van der Waals surface area (Å²) >= 11 is 0. The van der Waals surface area contributed by atoms with Crippen LogP contribution in [0.5, 0.6) is 11.5 Å². The van der Waals surface area contributed by atoms with E-state index < -0.39 is 15.8 Å². The molecule has 0 fully saturated rings. The summed E-state index contributed by atoms with van der Waals surface area (Å²) in [5.74, 6) is -1.22. The standard InChI is InChI=1S/C17H18O6S/c18-16-12-13(8-9-15(16)17(19)20)23-10-4-5-11-24(21,22)14-6-2-1-3-7-14/h1-3,6-9,12,18H,4-5,10-11H2,(H,19,20). The fraction of sp³-hybridized carbons (Fsp3) is 0.235. The Labute approximate surface area is 140 Å². The van der Waals surface area contributed by atoms with Gasteiger partial charge in [0.1, 0.15) is 17.1 Å². The molecule has 2 aromatic carbocycles. The maximum absolute atomic E-state index is 12.1. The van der Waals surface area contributed by atoms with Crippen LogP contribution < -0.4 is 4.74 Å². The molecule has 2 aromatic rings. The summed E-state index contributed by atoms with van der Waals surface area (Å²) < 4.78 is 29.6. The first kappa shape index (κ1) is 17.8. The van der Waals surface area contributed by atoms with Gasteiger partial charge in [-0.1, -0.05) is 18.2 Å². The molecular formula is C17H18O6S. The molecule has 0 spiro atoms. The van der Waals surface area contributed by atoms with Gasteiger partial charge in [0, 0.05) is 6.07 Å². The minimum absolute atomic E-state index is 0.0313. The van der Waals surface area contributed by atoms with Crippen LogP contribution in [0, 0.1) is 0 Å². The Morgan fingerprint density at radius 2 is 1.75 bits per heavy atom. The molecule has 0 aliphatic heterocycles. The quantitative estimate of drug-likeness (QED) is 0.710. The van der Waals surface area contributed by atoms with Gasteiger partial charge in [-0.05, 0) is 37.1 Å². The number of hydrogen-bond acceptors (Lipinski definition) is 5. The number of aromatic hydroxyl groups is 1. The number of hydrogen-bond donors (Lipinski definition) is 2. The van der Waals surface area contributed by atoms with Crippen LogP contribution in [-0.2, 0) is 9.84 Å². The first-order valence-electron chi connectivity index (χ1n) is 7.37. The molecule has 0 aromatic heterocycles. The first-order valence-corrected chi connectivity index (χ1v) is 9.02. The summed E-state index contributed by atoms with van der Waals surface area (Å²) in [4.78, 5) is 11.1. The number of carboxylic acid groups (broad SMARTS) is 1. The fourth-order valence-corrected chi connectivity index (χ4v) is 3.50. The Morgan fingerprint density at radius 1 is 1.04 bits per heavy atom. The second-order valence-electron chi connectivity index (χ2n) is 5.17. The molecule has 0 atom stereocenters. The van der Waals surface area contributed by atoms with Crippen LogP contribution >= 0.6 is 0 Å². The van der Waals surface area contributed by atoms with Crippen LogP contribution in [0.1, 0.15) is 23.2 Å². The molecule has 0 aliphatic rings. The van der Waals surface area contributed by atoms with Gasteiger partial charge in [0.25, 0.3) is 0 Å². The van der Waals surface area contributed by atoms with Gasteiger partial charge in [0.2, 0.25) is 0 Å². The van der Waals surface area contributed by atoms with E-state index in [-0.39, 0.29) is 23.7 Å². The Bertz CT molecular complexity index is 799. The number of carbonyl (C=O) groups is 1. The summed E-state index contributed by atoms with van der Waals surface area (Å²) in [5, 5.41) is 18.4. The lowest BCUT2D eigenvalue weighted by Crippen LogP contribution is -2.08. The molecule has 0 saturated carbocycles. The zero-order valence-electron chi connectivity index (χ0n) is 12.9. The Hall–Kier alpha value is -2.54. The number of aromatic carboxylic acids is 1. The molecule has 2 rings (SSSR count). The molecular weight excluding hydrogens is 332 g/mol. The van der Waals surface area contributed by atoms with E-state index in [9.17, 15) is 18.3 Å². The SMILES string of the molecule is O=C(O)c1ccc(OCCCCS(=O)(=O)c2ccccc2)cc1O. The molecule has 0 heterocycles. The van der Waals surface area contributed by atoms with Gasteiger partial charge in [-0.3, -0.25) is 0 Å². The largest absolute Gasteiger partial charge is 0.507 e. The van der Waals surface area contributed by atoms with E-state index in [0.717, 1.165) is 0 Å². The molecule has 0 aliphatic carbocycles. The summed E-state index contributed by atoms with van der Waals surface area (Å²) in [7, 11) is -3.29. The predicted octanol–water partition coefficient (Wildman–Crippen LogP) is 2.72. The highest BCUT2D eigenvalue weighted by Crippen LogP contribution is 2.23. The van der Waals surface area contributed by atoms with Crippen LogP contribution in [-0.4, -0.2) is 37.0 Å². The van der Waals surface area contributed by atoms with Gasteiger partial charge in [0.05, 0.1) is 17.3 Å². The molecule has 128 valence electrons. The Balaban J connectivity index is 1.79. The van der Waals surface area contributed by atoms with Gasteiger partial charge in [-0.2, -0.15) is 0 Å². The minimum Gasteiger partial charge on any atom is -0.507 e. The summed E-state index contributed by atoms with van der Waals surface area (Å²) in [6.07, 6.45) is 0.962. The first-order chi connectivity index (χ1) is 11.4. The van der Waals surface area contributed by atoms with Gasteiger partial charge >= 0.3 is 5.97 Å². The van der Waals surface area contributed by atoms with Crippen molar-refractivity contribution in [2.45, 2.75) is 17.7 Å². The average molecular weight is 350 g/mol. The van der Waals surface area contributed by atoms with E-state index in [1.165, 1.54) is 18.2 Å². The Kier molecular flexibility index (Phi) is 5.81. The van der Waals surface area contributed by atoms with Gasteiger partial charge in [0.15, 0.2) is 9.84 Å². The van der Waals surface area contributed by atoms with Crippen molar-refractivity contribution in [2.24, 2.45) is 0 Å². The van der Waals surface area contributed by atoms with Crippen LogP contribution in [0.25, 0.3) is 0 Å². The third-order valence-corrected chi connectivity index (χ3v) is 5.19. The lowest BCUT2D eigenvalue weighted by molar-refractivity contribution is 0.0693. The van der Waals surface area contributed by atoms with Crippen LogP contribution in [0.3, 0.4) is 0 Å². The van der Waals surface area contributed by atoms with Gasteiger partial charge in [-0.15, -0.1) is 0 Å². The maximum Gasteiger partial charge on any atom is 0.339 e. The zero-order chi connectivity index (χ0) is 17.6. The van der Waals surface area contributed by atoms with E-state index in [0.29, 0.717) is 23.5 Å². The molecule has 24 heavy (non-hydrogen) atoms. The third-order valence-electron chi connectivity index (χ3n) is 3.38. The minimum atomic E-state index is -3.29. The smallest absolute Gasteiger partial charge is 0.339 e. The van der Waals surface area contributed by atoms with Crippen molar-refractivity contribution in [3.05, 3.63) is 54.1 Å². The number of benzene rings is 2. The molecule has 7 heteroatoms. The van der Waals surface area contributed by atoms with Crippen molar-refractivity contribution in [3.63, 3.8) is 0 Å². The highest BCUT2D eigenvalue weighted by molar-refractivity contribution is 7.91. The number of phenols is 1. The summed E-state index contributed by atoms with van der Waals surface area (Å²) in [6.45, 7) is 0.274. The number of rotatable bonds is 8. The van der Waals surface area contributed by atoms with E-state index in [1.54, 1.807) is 30.3 Å². The van der Waals surface area contributed by atoms with E-state index in [4.69, 9.17) is 9.84 Å². The Morgan fingerprint density at radius 3 is 2.38 bits per heavy atom. The molecule has 6 nitrogen and oxygen atoms in total. The second kappa shape index (κ2) is 7.83. The van der Waals surface area contributed by atoms with Crippen molar-refractivity contribution in [1.82, 2.24) is 0 Å². The van der Waals surface area contributed by atoms with E-state index >= 15 is 0 Å². The number of unbranched alkanes of at least 4 members (excludes halogenated alkanes) is 1. The lowest BCUT2D eigenvalue weighted by Gasteiger charge is -2.08. The predicted molar refractivity (Wildman–Crippen MR) is 88.3 cm³/mol. The summed E-state index contributed by atoms with van der Waals surface area (Å²) in [6, 6.07) is 12.2. The van der Waals surface area contributed by atoms with Gasteiger partial charge < -0.3 is 14.9 Å². The van der Waals surface area contributed by atoms with Crippen molar-refractivity contribution < 1.29 is 28.2 Å². The lowest BCUT2D eigenvalue weighted by atomic mass is 10.2. The third kappa shape index (κ3) is 4.73. The molecule has 0 radical (unpaired) electrons. The summed E-state index contributed by atoms with van der Waals surface area (Å²) in [5.41, 5.74) is -0.198. The number of ether oxygens (including phenoxy) is 1. The van der Waals surface area contributed by atoms with Crippen LogP contribution in [0.2, 0.25) is 0 Å². The average Bonchev–Trinajstić information content (AvgIpc) is 2.55. The van der Waals surface area contributed by atoms with Crippen molar-refractivity contribution in [1.29, 1.82) is 0 Å². The van der Waals surface area contributed by atoms with Crippen LogP contribution in [0.4, 0.5) is 0 Å². The van der Waals surface area contributed by atoms with Crippen molar-refractivity contribution >= 4 is 15.8 Å². The molecule has 0 saturated heterocycles. The normalized spacial score (nSPS) is 11.2. The van der Waals surface area contributed by atoms with Crippen molar-refractivity contribution in [3.8, 4) is 11.5 Å². The van der Waals surface area contributed by atoms with Crippen molar-refractivity contribution in [2.75, 3.05) is 12.4 Å². The molecule has 0 bridgehead atoms. The van der Waals surface area contributed by atoms with Gasteiger partial charge in [-0.25, -0.2) is 13.2 Å². The second-order valence-corrected chi connectivity index (χ2v) is 7.28. The van der Waals surface area contributed by atoms with E-state index in [2.05, 4.69) is 0 Å². The zero-order valence-corrected chi connectivity index (χ0v) is 13.7. The molecule has 0 amide bonds. The monoisotopic (exact) mass is 350 g/mol. The maximum atomic E-state index is 12.1. The number of sulfone groups is 1. The fourth-order valence-electron chi connectivity index (χ4n) is 2.11. The highest BCUT2D eigenvalue weighted by atomic mass is 32.2. The highest BCUT2D eigenvalue weighted by Gasteiger charge is 2.13. The van der Waals surface area contributed by atoms with Crippen LogP contribution in [0.15, 0.2) is 53.4 Å². The number of carboxylic acids is 1.